The fourth-order valence-corrected chi connectivity index (χ4v) is 3.39. The van der Waals surface area contributed by atoms with E-state index in [0.717, 1.165) is 26.8 Å². The SMILES string of the molecule is Fc1cc(F)cc(Cc2nc(-c3ccccc3Br)cs2)c1. The first-order chi connectivity index (χ1) is 10.1. The molecule has 1 nitrogen and oxygen atoms in total. The summed E-state index contributed by atoms with van der Waals surface area (Å²) in [7, 11) is 0. The first kappa shape index (κ1) is 14.4. The lowest BCUT2D eigenvalue weighted by Gasteiger charge is -2.00. The van der Waals surface area contributed by atoms with Gasteiger partial charge in [-0.05, 0) is 23.8 Å². The van der Waals surface area contributed by atoms with Gasteiger partial charge in [-0.25, -0.2) is 13.8 Å². The van der Waals surface area contributed by atoms with Gasteiger partial charge in [0.2, 0.25) is 0 Å². The second-order valence-corrected chi connectivity index (χ2v) is 6.36. The van der Waals surface area contributed by atoms with E-state index < -0.39 is 11.6 Å². The first-order valence-electron chi connectivity index (χ1n) is 6.26. The van der Waals surface area contributed by atoms with Crippen molar-refractivity contribution in [3.05, 3.63) is 74.5 Å². The third kappa shape index (κ3) is 3.36. The highest BCUT2D eigenvalue weighted by molar-refractivity contribution is 9.10. The van der Waals surface area contributed by atoms with Gasteiger partial charge in [-0.3, -0.25) is 0 Å². The van der Waals surface area contributed by atoms with E-state index in [0.29, 0.717) is 12.0 Å². The minimum absolute atomic E-state index is 0.420. The van der Waals surface area contributed by atoms with Gasteiger partial charge in [-0.2, -0.15) is 0 Å². The van der Waals surface area contributed by atoms with Crippen LogP contribution in [0, 0.1) is 11.6 Å². The summed E-state index contributed by atoms with van der Waals surface area (Å²) >= 11 is 4.98. The summed E-state index contributed by atoms with van der Waals surface area (Å²) in [6.07, 6.45) is 0.420. The number of rotatable bonds is 3. The summed E-state index contributed by atoms with van der Waals surface area (Å²) in [5.74, 6) is -1.12. The standard InChI is InChI=1S/C16H10BrF2NS/c17-14-4-2-1-3-13(14)15-9-21-16(20-15)7-10-5-11(18)8-12(19)6-10/h1-6,8-9H,7H2. The molecule has 5 heteroatoms. The van der Waals surface area contributed by atoms with Crippen molar-refractivity contribution in [2.24, 2.45) is 0 Å². The molecule has 0 saturated heterocycles. The van der Waals surface area contributed by atoms with Crippen molar-refractivity contribution in [3.63, 3.8) is 0 Å². The number of hydrogen-bond acceptors (Lipinski definition) is 2. The minimum atomic E-state index is -0.562. The van der Waals surface area contributed by atoms with E-state index >= 15 is 0 Å². The van der Waals surface area contributed by atoms with E-state index in [1.807, 2.05) is 29.6 Å². The predicted octanol–water partition coefficient (Wildman–Crippen LogP) is 5.44. The first-order valence-corrected chi connectivity index (χ1v) is 7.93. The van der Waals surface area contributed by atoms with Crippen LogP contribution in [0.1, 0.15) is 10.6 Å². The van der Waals surface area contributed by atoms with Crippen molar-refractivity contribution < 1.29 is 8.78 Å². The van der Waals surface area contributed by atoms with Crippen LogP contribution in [0.2, 0.25) is 0 Å². The van der Waals surface area contributed by atoms with Crippen molar-refractivity contribution >= 4 is 27.3 Å². The van der Waals surface area contributed by atoms with E-state index in [2.05, 4.69) is 20.9 Å². The van der Waals surface area contributed by atoms with Gasteiger partial charge in [-0.1, -0.05) is 34.1 Å². The number of halogens is 3. The molecule has 0 N–H and O–H groups in total. The average Bonchev–Trinajstić information content (AvgIpc) is 2.86. The molecule has 0 aliphatic rings. The van der Waals surface area contributed by atoms with Gasteiger partial charge in [0.05, 0.1) is 10.7 Å². The van der Waals surface area contributed by atoms with Gasteiger partial charge in [0.15, 0.2) is 0 Å². The zero-order valence-corrected chi connectivity index (χ0v) is 13.2. The van der Waals surface area contributed by atoms with Gasteiger partial charge in [0.1, 0.15) is 11.6 Å². The summed E-state index contributed by atoms with van der Waals surface area (Å²) in [4.78, 5) is 4.54. The Morgan fingerprint density at radius 2 is 1.76 bits per heavy atom. The molecule has 0 spiro atoms. The van der Waals surface area contributed by atoms with E-state index in [9.17, 15) is 8.78 Å². The van der Waals surface area contributed by atoms with Crippen molar-refractivity contribution in [2.75, 3.05) is 0 Å². The Hall–Kier alpha value is -1.59. The van der Waals surface area contributed by atoms with Crippen molar-refractivity contribution in [1.29, 1.82) is 0 Å². The third-order valence-electron chi connectivity index (χ3n) is 2.98. The zero-order valence-electron chi connectivity index (χ0n) is 10.8. The molecular formula is C16H10BrF2NS. The van der Waals surface area contributed by atoms with Crippen LogP contribution in [0.15, 0.2) is 52.3 Å². The molecule has 3 rings (SSSR count). The molecule has 0 fully saturated rings. The molecule has 0 radical (unpaired) electrons. The van der Waals surface area contributed by atoms with E-state index in [1.54, 1.807) is 0 Å². The second-order valence-electron chi connectivity index (χ2n) is 4.56. The predicted molar refractivity (Wildman–Crippen MR) is 84.4 cm³/mol. The Morgan fingerprint density at radius 3 is 2.48 bits per heavy atom. The Balaban J connectivity index is 1.87. The van der Waals surface area contributed by atoms with Crippen molar-refractivity contribution in [2.45, 2.75) is 6.42 Å². The summed E-state index contributed by atoms with van der Waals surface area (Å²) in [5.41, 5.74) is 2.45. The fraction of sp³-hybridized carbons (Fsp3) is 0.0625. The summed E-state index contributed by atoms with van der Waals surface area (Å²) < 4.78 is 27.4. The fourth-order valence-electron chi connectivity index (χ4n) is 2.07. The second kappa shape index (κ2) is 6.03. The largest absolute Gasteiger partial charge is 0.241 e. The molecule has 0 aliphatic heterocycles. The Labute approximate surface area is 133 Å². The normalized spacial score (nSPS) is 10.8. The molecule has 0 unspecified atom stereocenters. The lowest BCUT2D eigenvalue weighted by Crippen LogP contribution is -1.91. The smallest absolute Gasteiger partial charge is 0.126 e. The van der Waals surface area contributed by atoms with Gasteiger partial charge in [-0.15, -0.1) is 11.3 Å². The number of aromatic nitrogens is 1. The molecule has 1 aromatic heterocycles. The van der Waals surface area contributed by atoms with Crippen LogP contribution < -0.4 is 0 Å². The summed E-state index contributed by atoms with van der Waals surface area (Å²) in [6, 6.07) is 11.4. The van der Waals surface area contributed by atoms with Crippen LogP contribution in [0.25, 0.3) is 11.3 Å². The van der Waals surface area contributed by atoms with Crippen molar-refractivity contribution in [1.82, 2.24) is 4.98 Å². The van der Waals surface area contributed by atoms with Gasteiger partial charge < -0.3 is 0 Å². The maximum absolute atomic E-state index is 13.2. The van der Waals surface area contributed by atoms with Crippen LogP contribution in [0.5, 0.6) is 0 Å². The quantitative estimate of drug-likeness (QED) is 0.601. The Bertz CT molecular complexity index is 765. The zero-order chi connectivity index (χ0) is 14.8. The number of nitrogens with zero attached hydrogens (tertiary/aromatic N) is 1. The molecular weight excluding hydrogens is 356 g/mol. The highest BCUT2D eigenvalue weighted by Gasteiger charge is 2.09. The molecule has 0 atom stereocenters. The van der Waals surface area contributed by atoms with Crippen molar-refractivity contribution in [3.8, 4) is 11.3 Å². The molecule has 106 valence electrons. The van der Waals surface area contributed by atoms with Crippen LogP contribution in [-0.2, 0) is 6.42 Å². The molecule has 0 aliphatic carbocycles. The lowest BCUT2D eigenvalue weighted by atomic mass is 10.1. The molecule has 0 bridgehead atoms. The van der Waals surface area contributed by atoms with Gasteiger partial charge in [0, 0.05) is 27.9 Å². The van der Waals surface area contributed by atoms with Gasteiger partial charge in [0.25, 0.3) is 0 Å². The van der Waals surface area contributed by atoms with Gasteiger partial charge >= 0.3 is 0 Å². The van der Waals surface area contributed by atoms with Crippen LogP contribution >= 0.6 is 27.3 Å². The minimum Gasteiger partial charge on any atom is -0.241 e. The summed E-state index contributed by atoms with van der Waals surface area (Å²) in [5, 5.41) is 2.77. The van der Waals surface area contributed by atoms with Crippen LogP contribution in [0.4, 0.5) is 8.78 Å². The molecule has 0 saturated carbocycles. The summed E-state index contributed by atoms with van der Waals surface area (Å²) in [6.45, 7) is 0. The molecule has 0 amide bonds. The Morgan fingerprint density at radius 1 is 1.05 bits per heavy atom. The van der Waals surface area contributed by atoms with E-state index in [4.69, 9.17) is 0 Å². The number of benzene rings is 2. The monoisotopic (exact) mass is 365 g/mol. The molecule has 3 aromatic rings. The third-order valence-corrected chi connectivity index (χ3v) is 4.52. The molecule has 21 heavy (non-hydrogen) atoms. The number of thiazole rings is 1. The lowest BCUT2D eigenvalue weighted by molar-refractivity contribution is 0.580. The molecule has 1 heterocycles. The highest BCUT2D eigenvalue weighted by Crippen LogP contribution is 2.29. The maximum atomic E-state index is 13.2. The highest BCUT2D eigenvalue weighted by atomic mass is 79.9. The Kier molecular flexibility index (Phi) is 4.12. The van der Waals surface area contributed by atoms with Crippen LogP contribution in [0.3, 0.4) is 0 Å². The molecule has 2 aromatic carbocycles. The van der Waals surface area contributed by atoms with Crippen LogP contribution in [-0.4, -0.2) is 4.98 Å². The van der Waals surface area contributed by atoms with E-state index in [1.165, 1.54) is 23.5 Å². The number of hydrogen-bond donors (Lipinski definition) is 0. The topological polar surface area (TPSA) is 12.9 Å². The maximum Gasteiger partial charge on any atom is 0.126 e. The van der Waals surface area contributed by atoms with E-state index in [-0.39, 0.29) is 0 Å². The average molecular weight is 366 g/mol.